The Hall–Kier alpha value is -4.94. The molecule has 6 amide bonds. The number of rotatable bonds is 33. The van der Waals surface area contributed by atoms with Gasteiger partial charge < -0.3 is 250 Å². The molecule has 0 radical (unpaired) electrons. The topological polar surface area (TPSA) is 856 Å². The Morgan fingerprint density at radius 3 is 0.852 bits per heavy atom. The number of hydrogen-bond acceptors (Lipinski definition) is 50. The van der Waals surface area contributed by atoms with Crippen LogP contribution in [0.1, 0.15) is 48.5 Å². The van der Waals surface area contributed by atoms with Gasteiger partial charge in [-0.15, -0.1) is 0 Å². The van der Waals surface area contributed by atoms with E-state index in [9.17, 15) is 156 Å². The molecule has 10 fully saturated rings. The summed E-state index contributed by atoms with van der Waals surface area (Å²) in [6, 6.07) is -11.3. The first kappa shape index (κ1) is 105. The predicted octanol–water partition coefficient (Wildman–Crippen LogP) is -20.9. The van der Waals surface area contributed by atoms with Crippen LogP contribution in [0.5, 0.6) is 0 Å². The minimum absolute atomic E-state index is 0.859. The summed E-state index contributed by atoms with van der Waals surface area (Å²) in [5.41, 5.74) is 0. The molecule has 738 valence electrons. The van der Waals surface area contributed by atoms with Crippen LogP contribution in [0, 0.1) is 0 Å². The smallest absolute Gasteiger partial charge is 0.217 e. The lowest BCUT2D eigenvalue weighted by molar-refractivity contribution is -0.404. The summed E-state index contributed by atoms with van der Waals surface area (Å²) in [5.74, 6) is -5.52. The Bertz CT molecular complexity index is 3550. The summed E-state index contributed by atoms with van der Waals surface area (Å²) in [6.45, 7) is -3.29. The highest BCUT2D eigenvalue weighted by molar-refractivity contribution is 5.75. The minimum atomic E-state index is -2.70. The first-order valence-corrected chi connectivity index (χ1v) is 41.0. The second-order valence-corrected chi connectivity index (χ2v) is 32.5. The maximum atomic E-state index is 13.4. The molecule has 0 aromatic rings. The molecule has 56 heteroatoms. The molecule has 0 spiro atoms. The quantitative estimate of drug-likeness (QED) is 0.0290. The molecule has 128 heavy (non-hydrogen) atoms. The van der Waals surface area contributed by atoms with Gasteiger partial charge in [-0.1, -0.05) is 0 Å². The summed E-state index contributed by atoms with van der Waals surface area (Å²) in [6.07, 6.45) is -92.9. The summed E-state index contributed by atoms with van der Waals surface area (Å²) in [7, 11) is 0. The monoisotopic (exact) mass is 1870 g/mol. The van der Waals surface area contributed by atoms with Gasteiger partial charge in [-0.3, -0.25) is 28.8 Å². The van der Waals surface area contributed by atoms with E-state index in [4.69, 9.17) is 90.0 Å². The van der Waals surface area contributed by atoms with Gasteiger partial charge in [-0.05, 0) is 6.92 Å². The largest absolute Gasteiger partial charge is 0.394 e. The van der Waals surface area contributed by atoms with E-state index in [-0.39, 0.29) is 0 Å². The number of hydrogen-bond donors (Lipinski definition) is 31. The van der Waals surface area contributed by atoms with Crippen molar-refractivity contribution in [2.45, 2.75) is 355 Å². The fourth-order valence-corrected chi connectivity index (χ4v) is 16.6. The Morgan fingerprint density at radius 2 is 0.484 bits per heavy atom. The van der Waals surface area contributed by atoms with Crippen LogP contribution < -0.4 is 31.9 Å². The molecule has 10 saturated heterocycles. The molecule has 50 atom stereocenters. The van der Waals surface area contributed by atoms with Crippen LogP contribution in [0.2, 0.25) is 0 Å². The maximum absolute atomic E-state index is 13.4. The van der Waals surface area contributed by atoms with E-state index in [2.05, 4.69) is 31.9 Å². The molecule has 0 bridgehead atoms. The van der Waals surface area contributed by atoms with Gasteiger partial charge in [0.15, 0.2) is 62.9 Å². The van der Waals surface area contributed by atoms with Gasteiger partial charge >= 0.3 is 0 Å². The maximum Gasteiger partial charge on any atom is 0.217 e. The Labute approximate surface area is 726 Å². The lowest BCUT2D eigenvalue weighted by Crippen LogP contribution is -2.71. The number of nitrogens with one attached hydrogen (secondary N) is 6. The fourth-order valence-electron chi connectivity index (χ4n) is 16.6. The van der Waals surface area contributed by atoms with Gasteiger partial charge in [0.05, 0.1) is 65.6 Å². The van der Waals surface area contributed by atoms with Crippen LogP contribution in [0.4, 0.5) is 0 Å². The van der Waals surface area contributed by atoms with Crippen LogP contribution >= 0.6 is 0 Å². The fraction of sp³-hybridized carbons (Fsp3) is 0.917. The van der Waals surface area contributed by atoms with Crippen molar-refractivity contribution < 1.29 is 246 Å². The second-order valence-electron chi connectivity index (χ2n) is 32.5. The SMILES string of the molecule is CC(=O)N[C@@H]1[C@@H](O)[C@H](O[C@@H]2O[C@H](CO)[C@@H](O[C@@H]3O[C@H](CO[C@H]4O[C@H](CO)[C@@H](O[C@@H]5O[C@H](CO)[C@@H](O)[C@H](O)[C@H]5NC(C)=O)[C@H](O)[C@@H]4O[C@@H]4O[C@H](CO)[C@@H](O)[C@H](O)[C@H]4NC(C)=O)[C@@H](O)[C@H](O[C@H]4O[C@H](CO)[C@@H](O[C@@H]5O[C@H](CO)[C@@H](O)[C@H](O)[C@H]5NC(C)=O)[C@H](O)[C@@H]4O[C@@H]4O[C@H](CO)[C@@H](O)[C@H](O)[C@H]4NC(C)=O)[C@@H]3O)[C@H](O)[C@H]2NC(C)=O)[C@@H](CO[C@@H]2O[C@@H](C)[C@@H](O)[C@@H](O)[C@@H]2O)O[C@H]1O. The van der Waals surface area contributed by atoms with Crippen molar-refractivity contribution in [2.75, 3.05) is 59.5 Å². The molecule has 0 aliphatic carbocycles. The Morgan fingerprint density at radius 1 is 0.219 bits per heavy atom. The van der Waals surface area contributed by atoms with E-state index in [1.165, 1.54) is 6.92 Å². The van der Waals surface area contributed by atoms with E-state index in [1.54, 1.807) is 0 Å². The number of aliphatic hydroxyl groups is 25. The van der Waals surface area contributed by atoms with Crippen molar-refractivity contribution in [3.8, 4) is 0 Å². The van der Waals surface area contributed by atoms with Crippen LogP contribution in [0.25, 0.3) is 0 Å². The van der Waals surface area contributed by atoms with Gasteiger partial charge in [0, 0.05) is 41.5 Å². The molecule has 10 heterocycles. The van der Waals surface area contributed by atoms with E-state index in [0.717, 1.165) is 41.5 Å². The lowest BCUT2D eigenvalue weighted by Gasteiger charge is -2.52. The summed E-state index contributed by atoms with van der Waals surface area (Å²) in [4.78, 5) is 77.0. The molecule has 10 rings (SSSR count). The van der Waals surface area contributed by atoms with E-state index < -0.39 is 402 Å². The van der Waals surface area contributed by atoms with Crippen molar-refractivity contribution in [1.82, 2.24) is 31.9 Å². The molecule has 0 saturated carbocycles. The summed E-state index contributed by atoms with van der Waals surface area (Å²) < 4.78 is 116. The van der Waals surface area contributed by atoms with Crippen molar-refractivity contribution in [3.05, 3.63) is 0 Å². The zero-order valence-corrected chi connectivity index (χ0v) is 69.6. The molecule has 0 aromatic carbocycles. The minimum Gasteiger partial charge on any atom is -0.394 e. The number of ether oxygens (including phenoxy) is 19. The second kappa shape index (κ2) is 46.1. The van der Waals surface area contributed by atoms with Crippen LogP contribution in [-0.4, -0.2) is 529 Å². The number of carbonyl (C=O) groups is 6. The van der Waals surface area contributed by atoms with Crippen LogP contribution in [0.15, 0.2) is 0 Å². The van der Waals surface area contributed by atoms with E-state index in [0.29, 0.717) is 0 Å². The van der Waals surface area contributed by atoms with E-state index in [1.807, 2.05) is 0 Å². The van der Waals surface area contributed by atoms with Crippen molar-refractivity contribution in [3.63, 3.8) is 0 Å². The summed E-state index contributed by atoms with van der Waals surface area (Å²) in [5, 5.41) is 298. The first-order valence-electron chi connectivity index (χ1n) is 41.0. The molecule has 56 nitrogen and oxygen atoms in total. The molecule has 0 unspecified atom stereocenters. The van der Waals surface area contributed by atoms with Gasteiger partial charge in [0.1, 0.15) is 238 Å². The van der Waals surface area contributed by atoms with Gasteiger partial charge in [0.2, 0.25) is 35.4 Å². The summed E-state index contributed by atoms with van der Waals surface area (Å²) >= 11 is 0. The molecule has 10 aliphatic heterocycles. The highest BCUT2D eigenvalue weighted by Crippen LogP contribution is 2.41. The Kier molecular flexibility index (Phi) is 37.8. The third-order valence-electron chi connectivity index (χ3n) is 23.2. The lowest BCUT2D eigenvalue weighted by atomic mass is 9.93. The van der Waals surface area contributed by atoms with E-state index >= 15 is 0 Å². The Balaban J connectivity index is 1.06. The third-order valence-corrected chi connectivity index (χ3v) is 23.2. The van der Waals surface area contributed by atoms with Crippen molar-refractivity contribution in [2.24, 2.45) is 0 Å². The predicted molar refractivity (Wildman–Crippen MR) is 398 cm³/mol. The first-order chi connectivity index (χ1) is 60.5. The number of aliphatic hydroxyl groups excluding tert-OH is 25. The molecular weight excluding hydrogens is 1750 g/mol. The number of amides is 6. The van der Waals surface area contributed by atoms with Crippen LogP contribution in [-0.2, 0) is 119 Å². The van der Waals surface area contributed by atoms with Gasteiger partial charge in [0.25, 0.3) is 0 Å². The van der Waals surface area contributed by atoms with Gasteiger partial charge in [-0.2, -0.15) is 0 Å². The van der Waals surface area contributed by atoms with Gasteiger partial charge in [-0.25, -0.2) is 0 Å². The molecular formula is C72H120N6O50. The van der Waals surface area contributed by atoms with Crippen molar-refractivity contribution >= 4 is 35.4 Å². The zero-order valence-electron chi connectivity index (χ0n) is 69.6. The third kappa shape index (κ3) is 23.8. The van der Waals surface area contributed by atoms with Crippen molar-refractivity contribution in [1.29, 1.82) is 0 Å². The normalized spacial score (nSPS) is 47.8. The van der Waals surface area contributed by atoms with Crippen LogP contribution in [0.3, 0.4) is 0 Å². The number of carbonyl (C=O) groups excluding carboxylic acids is 6. The molecule has 0 aromatic heterocycles. The molecule has 31 N–H and O–H groups in total. The highest BCUT2D eigenvalue weighted by atomic mass is 16.8. The zero-order chi connectivity index (χ0) is 94.4. The standard InChI is InChI=1S/C72H120N6O50/c1-17-39(92)51(104)52(105)69(112-17)110-16-32-59(49(102)33(63(109)113-32)73-18(2)86)124-68-38(78-23(7)91)50(103)56(28(12-83)118-68)125-70-55(108)60(126-72-62(128-67-37(77-22(6)90)48(101)43(96)27(11-82)117-67)54(107)58(30(14-85)120-72)123-65-35(75-20(4)88)46(99)41(94)25(9-80)115-65)44(97)31(121-70)15-111-71-61(127-66-36(76-21(5)89)47(100)42(95)26(10-81)116-66)53(106)57(29(13-84)119-71)122-64-34(74-19(3)87)45(98)40(93)24(8-79)114-64/h17,24-72,79-85,92-109H,8-16H2,1-7H3,(H,73,86)(H,74,87)(H,75,88)(H,76,89)(H,77,90)(H,78,91)/t17-,24+,25+,26+,27+,28+,29+,30+,31+,32+,33+,34+,35+,36+,37+,38+,39+,40+,41+,42+,43+,44+,45+,46+,47+,48+,49+,50+,51+,52-,53-,54-,55-,56+,57+,58+,59+,60-,61-,62-,63+,64-,65-,66-,67-,68-,69+,70-,71-,72+/m0/s1. The molecule has 10 aliphatic rings. The highest BCUT2D eigenvalue weighted by Gasteiger charge is 2.62. The average Bonchev–Trinajstić information content (AvgIpc) is 0.760. The average molecular weight is 1870 g/mol.